The van der Waals surface area contributed by atoms with Crippen LogP contribution in [0.25, 0.3) is 0 Å². The monoisotopic (exact) mass is 393 g/mol. The van der Waals surface area contributed by atoms with E-state index in [4.69, 9.17) is 4.74 Å². The molecule has 1 N–H and O–H groups in total. The van der Waals surface area contributed by atoms with Crippen molar-refractivity contribution in [3.63, 3.8) is 0 Å². The highest BCUT2D eigenvalue weighted by molar-refractivity contribution is 5.98. The number of oxime groups is 1. The molecule has 2 aromatic rings. The van der Waals surface area contributed by atoms with Crippen LogP contribution >= 0.6 is 0 Å². The smallest absolute Gasteiger partial charge is 0.219 e. The van der Waals surface area contributed by atoms with Crippen molar-refractivity contribution in [2.75, 3.05) is 13.1 Å². The molecule has 0 spiro atoms. The van der Waals surface area contributed by atoms with Gasteiger partial charge in [0, 0.05) is 30.9 Å². The molecule has 1 aliphatic heterocycles. The Morgan fingerprint density at radius 2 is 1.97 bits per heavy atom. The first-order valence-corrected chi connectivity index (χ1v) is 10.9. The number of benzene rings is 1. The van der Waals surface area contributed by atoms with Gasteiger partial charge >= 0.3 is 0 Å². The average Bonchev–Trinajstić information content (AvgIpc) is 2.75. The second-order valence-electron chi connectivity index (χ2n) is 8.67. The lowest BCUT2D eigenvalue weighted by molar-refractivity contribution is 0.127. The Kier molecular flexibility index (Phi) is 6.02. The molecule has 0 radical (unpaired) electrons. The van der Waals surface area contributed by atoms with E-state index in [1.807, 2.05) is 30.3 Å². The summed E-state index contributed by atoms with van der Waals surface area (Å²) in [5.74, 6) is 3.89. The maximum Gasteiger partial charge on any atom is 0.219 e. The van der Waals surface area contributed by atoms with Crippen molar-refractivity contribution in [3.8, 4) is 11.6 Å². The standard InChI is InChI=1S/C24H31N3O2/c1-17(2)19-8-5-9-22(14-19)29-23-15-20(10-12-25-23)24(26-28)27-13-11-18-6-3-4-7-21(18)16-27/h5,8-10,12,14-15,17-18,21,28H,3-4,6-7,11,13,16H2,1-2H3/b26-24-. The molecule has 2 atom stereocenters. The number of likely N-dealkylation sites (tertiary alicyclic amines) is 1. The summed E-state index contributed by atoms with van der Waals surface area (Å²) in [4.78, 5) is 6.59. The van der Waals surface area contributed by atoms with Crippen molar-refractivity contribution in [3.05, 3.63) is 53.7 Å². The van der Waals surface area contributed by atoms with Crippen molar-refractivity contribution >= 4 is 5.84 Å². The van der Waals surface area contributed by atoms with Crippen LogP contribution < -0.4 is 4.74 Å². The van der Waals surface area contributed by atoms with Gasteiger partial charge in [-0.1, -0.05) is 50.4 Å². The van der Waals surface area contributed by atoms with E-state index in [1.165, 1.54) is 37.7 Å². The number of aromatic nitrogens is 1. The van der Waals surface area contributed by atoms with Crippen LogP contribution in [0.5, 0.6) is 11.6 Å². The molecule has 1 aliphatic carbocycles. The lowest BCUT2D eigenvalue weighted by Gasteiger charge is -2.42. The molecule has 2 unspecified atom stereocenters. The van der Waals surface area contributed by atoms with Gasteiger partial charge in [-0.25, -0.2) is 4.98 Å². The number of hydrogen-bond donors (Lipinski definition) is 1. The lowest BCUT2D eigenvalue weighted by Crippen LogP contribution is -2.45. The van der Waals surface area contributed by atoms with Gasteiger partial charge in [0.25, 0.3) is 0 Å². The number of hydrogen-bond acceptors (Lipinski definition) is 4. The second-order valence-corrected chi connectivity index (χ2v) is 8.67. The fourth-order valence-electron chi connectivity index (χ4n) is 4.76. The van der Waals surface area contributed by atoms with Crippen molar-refractivity contribution in [1.82, 2.24) is 9.88 Å². The molecule has 2 heterocycles. The van der Waals surface area contributed by atoms with E-state index in [0.29, 0.717) is 23.6 Å². The Bertz CT molecular complexity index is 865. The number of ether oxygens (including phenoxy) is 1. The zero-order chi connectivity index (χ0) is 20.2. The van der Waals surface area contributed by atoms with Gasteiger partial charge in [0.15, 0.2) is 5.84 Å². The molecule has 5 heteroatoms. The highest BCUT2D eigenvalue weighted by atomic mass is 16.5. The Morgan fingerprint density at radius 1 is 1.14 bits per heavy atom. The molecule has 4 rings (SSSR count). The SMILES string of the molecule is CC(C)c1cccc(Oc2cc(/C(=N/O)N3CCC4CCCCC4C3)ccn2)c1. The molecule has 1 aromatic carbocycles. The topological polar surface area (TPSA) is 58.0 Å². The third-order valence-corrected chi connectivity index (χ3v) is 6.43. The van der Waals surface area contributed by atoms with Gasteiger partial charge in [0.2, 0.25) is 5.88 Å². The van der Waals surface area contributed by atoms with Crippen molar-refractivity contribution in [2.24, 2.45) is 17.0 Å². The van der Waals surface area contributed by atoms with Crippen LogP contribution in [0.15, 0.2) is 47.8 Å². The summed E-state index contributed by atoms with van der Waals surface area (Å²) in [5, 5.41) is 13.5. The number of amidine groups is 1. The zero-order valence-corrected chi connectivity index (χ0v) is 17.4. The predicted octanol–water partition coefficient (Wildman–Crippen LogP) is 5.65. The Balaban J connectivity index is 1.50. The normalized spacial score (nSPS) is 22.4. The molecule has 1 saturated carbocycles. The minimum absolute atomic E-state index is 0.439. The maximum atomic E-state index is 9.79. The van der Waals surface area contributed by atoms with Crippen LogP contribution in [-0.4, -0.2) is 34.0 Å². The Labute approximate surface area is 173 Å². The van der Waals surface area contributed by atoms with E-state index >= 15 is 0 Å². The minimum atomic E-state index is 0.439. The summed E-state index contributed by atoms with van der Waals surface area (Å²) >= 11 is 0. The molecule has 0 amide bonds. The second kappa shape index (κ2) is 8.85. The Morgan fingerprint density at radius 3 is 2.76 bits per heavy atom. The maximum absolute atomic E-state index is 9.79. The van der Waals surface area contributed by atoms with Crippen LogP contribution in [0.4, 0.5) is 0 Å². The number of fused-ring (bicyclic) bond motifs is 1. The van der Waals surface area contributed by atoms with Crippen molar-refractivity contribution in [1.29, 1.82) is 0 Å². The van der Waals surface area contributed by atoms with Crippen LogP contribution in [0.1, 0.15) is 63.0 Å². The summed E-state index contributed by atoms with van der Waals surface area (Å²) < 4.78 is 6.01. The van der Waals surface area contributed by atoms with Crippen LogP contribution in [0.3, 0.4) is 0 Å². The first-order chi connectivity index (χ1) is 14.1. The molecule has 29 heavy (non-hydrogen) atoms. The fraction of sp³-hybridized carbons (Fsp3) is 0.500. The average molecular weight is 394 g/mol. The van der Waals surface area contributed by atoms with Gasteiger partial charge in [-0.05, 0) is 54.4 Å². The molecule has 1 saturated heterocycles. The minimum Gasteiger partial charge on any atom is -0.439 e. The molecular formula is C24H31N3O2. The van der Waals surface area contributed by atoms with Gasteiger partial charge in [-0.15, -0.1) is 0 Å². The van der Waals surface area contributed by atoms with Gasteiger partial charge in [0.05, 0.1) is 0 Å². The molecule has 5 nitrogen and oxygen atoms in total. The van der Waals surface area contributed by atoms with Crippen LogP contribution in [0.2, 0.25) is 0 Å². The molecular weight excluding hydrogens is 362 g/mol. The molecule has 0 bridgehead atoms. The predicted molar refractivity (Wildman–Crippen MR) is 115 cm³/mol. The number of piperidine rings is 1. The largest absolute Gasteiger partial charge is 0.439 e. The van der Waals surface area contributed by atoms with Gasteiger partial charge in [-0.2, -0.15) is 0 Å². The van der Waals surface area contributed by atoms with E-state index < -0.39 is 0 Å². The molecule has 2 aliphatic rings. The highest BCUT2D eigenvalue weighted by Gasteiger charge is 2.32. The van der Waals surface area contributed by atoms with E-state index in [0.717, 1.165) is 30.3 Å². The summed E-state index contributed by atoms with van der Waals surface area (Å²) in [6.07, 6.45) is 8.23. The highest BCUT2D eigenvalue weighted by Crippen LogP contribution is 2.36. The summed E-state index contributed by atoms with van der Waals surface area (Å²) in [5.41, 5.74) is 2.07. The first kappa shape index (κ1) is 19.7. The van der Waals surface area contributed by atoms with E-state index in [2.05, 4.69) is 35.0 Å². The first-order valence-electron chi connectivity index (χ1n) is 10.9. The van der Waals surface area contributed by atoms with Crippen molar-refractivity contribution in [2.45, 2.75) is 51.9 Å². The third kappa shape index (κ3) is 4.55. The zero-order valence-electron chi connectivity index (χ0n) is 17.4. The quantitative estimate of drug-likeness (QED) is 0.316. The summed E-state index contributed by atoms with van der Waals surface area (Å²) in [7, 11) is 0. The number of rotatable bonds is 4. The van der Waals surface area contributed by atoms with Gasteiger partial charge < -0.3 is 14.8 Å². The van der Waals surface area contributed by atoms with Crippen LogP contribution in [-0.2, 0) is 0 Å². The lowest BCUT2D eigenvalue weighted by atomic mass is 9.75. The summed E-state index contributed by atoms with van der Waals surface area (Å²) in [6.45, 7) is 6.24. The van der Waals surface area contributed by atoms with E-state index in [1.54, 1.807) is 6.20 Å². The molecule has 154 valence electrons. The summed E-state index contributed by atoms with van der Waals surface area (Å²) in [6, 6.07) is 11.8. The molecule has 1 aromatic heterocycles. The van der Waals surface area contributed by atoms with Gasteiger partial charge in [0.1, 0.15) is 5.75 Å². The molecule has 2 fully saturated rings. The van der Waals surface area contributed by atoms with Crippen molar-refractivity contribution < 1.29 is 9.94 Å². The van der Waals surface area contributed by atoms with E-state index in [-0.39, 0.29) is 0 Å². The Hall–Kier alpha value is -2.56. The number of nitrogens with zero attached hydrogens (tertiary/aromatic N) is 3. The van der Waals surface area contributed by atoms with Crippen LogP contribution in [0, 0.1) is 11.8 Å². The fourth-order valence-corrected chi connectivity index (χ4v) is 4.76. The number of pyridine rings is 1. The van der Waals surface area contributed by atoms with Gasteiger partial charge in [-0.3, -0.25) is 0 Å². The van der Waals surface area contributed by atoms with E-state index in [9.17, 15) is 5.21 Å². The third-order valence-electron chi connectivity index (χ3n) is 6.43.